The van der Waals surface area contributed by atoms with E-state index in [0.29, 0.717) is 12.1 Å². The predicted octanol–water partition coefficient (Wildman–Crippen LogP) is 1.12. The molecular formula is C13H17N3O. The summed E-state index contributed by atoms with van der Waals surface area (Å²) in [7, 11) is 3.45. The Morgan fingerprint density at radius 3 is 2.71 bits per heavy atom. The number of amides is 1. The second-order valence-electron chi connectivity index (χ2n) is 4.10. The Kier molecular flexibility index (Phi) is 4.68. The number of nitriles is 1. The Morgan fingerprint density at radius 2 is 2.12 bits per heavy atom. The largest absolute Gasteiger partial charge is 0.347 e. The first kappa shape index (κ1) is 13.2. The summed E-state index contributed by atoms with van der Waals surface area (Å²) >= 11 is 0. The molecule has 0 saturated carbocycles. The molecule has 4 nitrogen and oxygen atoms in total. The smallest absolute Gasteiger partial charge is 0.238 e. The van der Waals surface area contributed by atoms with Crippen LogP contribution in [0.15, 0.2) is 24.3 Å². The summed E-state index contributed by atoms with van der Waals surface area (Å²) in [6.07, 6.45) is 0. The number of likely N-dealkylation sites (N-methyl/N-ethyl adjacent to an activating group) is 1. The Bertz CT molecular complexity index is 435. The summed E-state index contributed by atoms with van der Waals surface area (Å²) < 4.78 is 0. The summed E-state index contributed by atoms with van der Waals surface area (Å²) in [4.78, 5) is 13.2. The lowest BCUT2D eigenvalue weighted by molar-refractivity contribution is -0.130. The van der Waals surface area contributed by atoms with Crippen LogP contribution in [0, 0.1) is 11.3 Å². The lowest BCUT2D eigenvalue weighted by atomic mass is 10.1. The number of carbonyl (C=O) groups is 1. The Balaban J connectivity index is 2.62. The molecule has 0 saturated heterocycles. The van der Waals surface area contributed by atoms with Crippen molar-refractivity contribution in [2.45, 2.75) is 19.5 Å². The van der Waals surface area contributed by atoms with Crippen molar-refractivity contribution in [1.82, 2.24) is 10.2 Å². The number of hydrogen-bond acceptors (Lipinski definition) is 3. The number of nitrogens with one attached hydrogen (secondary N) is 1. The van der Waals surface area contributed by atoms with Crippen LogP contribution in [0.4, 0.5) is 0 Å². The maximum atomic E-state index is 11.6. The van der Waals surface area contributed by atoms with Crippen LogP contribution in [0.25, 0.3) is 0 Å². The number of hydrogen-bond donors (Lipinski definition) is 1. The summed E-state index contributed by atoms with van der Waals surface area (Å²) in [6, 6.07) is 9.26. The van der Waals surface area contributed by atoms with Crippen molar-refractivity contribution in [3.05, 3.63) is 35.4 Å². The molecule has 0 heterocycles. The maximum Gasteiger partial charge on any atom is 0.238 e. The monoisotopic (exact) mass is 231 g/mol. The average molecular weight is 231 g/mol. The lowest BCUT2D eigenvalue weighted by Crippen LogP contribution is -2.41. The van der Waals surface area contributed by atoms with Crippen molar-refractivity contribution in [2.24, 2.45) is 0 Å². The van der Waals surface area contributed by atoms with Gasteiger partial charge in [-0.25, -0.2) is 0 Å². The maximum absolute atomic E-state index is 11.6. The molecule has 1 unspecified atom stereocenters. The highest BCUT2D eigenvalue weighted by Gasteiger charge is 2.14. The minimum absolute atomic E-state index is 0.0273. The van der Waals surface area contributed by atoms with Crippen LogP contribution in [0.3, 0.4) is 0 Å². The van der Waals surface area contributed by atoms with Gasteiger partial charge in [0, 0.05) is 20.6 Å². The van der Waals surface area contributed by atoms with Crippen molar-refractivity contribution in [2.75, 3.05) is 14.1 Å². The van der Waals surface area contributed by atoms with E-state index >= 15 is 0 Å². The Hall–Kier alpha value is -1.86. The minimum Gasteiger partial charge on any atom is -0.347 e. The van der Waals surface area contributed by atoms with Crippen molar-refractivity contribution in [1.29, 1.82) is 5.26 Å². The van der Waals surface area contributed by atoms with Crippen LogP contribution >= 0.6 is 0 Å². The van der Waals surface area contributed by atoms with Crippen LogP contribution in [-0.2, 0) is 11.3 Å². The Morgan fingerprint density at radius 1 is 1.47 bits per heavy atom. The van der Waals surface area contributed by atoms with Gasteiger partial charge in [-0.3, -0.25) is 4.79 Å². The molecule has 0 radical (unpaired) electrons. The van der Waals surface area contributed by atoms with Gasteiger partial charge in [0.2, 0.25) is 5.91 Å². The summed E-state index contributed by atoms with van der Waals surface area (Å²) in [6.45, 7) is 2.34. The highest BCUT2D eigenvalue weighted by atomic mass is 16.2. The quantitative estimate of drug-likeness (QED) is 0.845. The second-order valence-corrected chi connectivity index (χ2v) is 4.10. The zero-order chi connectivity index (χ0) is 12.8. The molecule has 0 aliphatic carbocycles. The van der Waals surface area contributed by atoms with Crippen LogP contribution in [0.5, 0.6) is 0 Å². The van der Waals surface area contributed by atoms with Gasteiger partial charge in [0.25, 0.3) is 0 Å². The number of benzene rings is 1. The van der Waals surface area contributed by atoms with Crippen molar-refractivity contribution < 1.29 is 4.79 Å². The van der Waals surface area contributed by atoms with Crippen molar-refractivity contribution in [3.63, 3.8) is 0 Å². The van der Waals surface area contributed by atoms with E-state index < -0.39 is 0 Å². The van der Waals surface area contributed by atoms with Gasteiger partial charge in [-0.05, 0) is 18.6 Å². The van der Waals surface area contributed by atoms with Crippen LogP contribution in [0.2, 0.25) is 0 Å². The zero-order valence-corrected chi connectivity index (χ0v) is 10.4. The SMILES string of the molecule is CC(NCc1ccccc1C#N)C(=O)N(C)C. The van der Waals surface area contributed by atoms with E-state index in [1.807, 2.05) is 25.1 Å². The fourth-order valence-electron chi connectivity index (χ4n) is 1.52. The van der Waals surface area contributed by atoms with E-state index in [1.165, 1.54) is 0 Å². The standard InChI is InChI=1S/C13H17N3O/c1-10(13(17)16(2)3)15-9-12-7-5-4-6-11(12)8-14/h4-7,10,15H,9H2,1-3H3. The molecule has 0 aliphatic rings. The van der Waals surface area contributed by atoms with E-state index in [4.69, 9.17) is 5.26 Å². The molecule has 0 bridgehead atoms. The molecular weight excluding hydrogens is 214 g/mol. The minimum atomic E-state index is -0.253. The molecule has 0 aliphatic heterocycles. The first-order valence-corrected chi connectivity index (χ1v) is 5.48. The normalized spacial score (nSPS) is 11.6. The molecule has 1 rings (SSSR count). The molecule has 4 heteroatoms. The predicted molar refractivity (Wildman–Crippen MR) is 66.2 cm³/mol. The van der Waals surface area contributed by atoms with E-state index in [1.54, 1.807) is 25.1 Å². The van der Waals surface area contributed by atoms with Gasteiger partial charge in [-0.2, -0.15) is 5.26 Å². The first-order valence-electron chi connectivity index (χ1n) is 5.48. The van der Waals surface area contributed by atoms with E-state index in [-0.39, 0.29) is 11.9 Å². The van der Waals surface area contributed by atoms with Gasteiger partial charge < -0.3 is 10.2 Å². The molecule has 90 valence electrons. The van der Waals surface area contributed by atoms with Gasteiger partial charge in [0.1, 0.15) is 0 Å². The third-order valence-corrected chi connectivity index (χ3v) is 2.55. The molecule has 17 heavy (non-hydrogen) atoms. The summed E-state index contributed by atoms with van der Waals surface area (Å²) in [5.41, 5.74) is 1.55. The van der Waals surface area contributed by atoms with Crippen LogP contribution in [-0.4, -0.2) is 30.9 Å². The van der Waals surface area contributed by atoms with E-state index in [0.717, 1.165) is 5.56 Å². The fraction of sp³-hybridized carbons (Fsp3) is 0.385. The fourth-order valence-corrected chi connectivity index (χ4v) is 1.52. The number of nitrogens with zero attached hydrogens (tertiary/aromatic N) is 2. The number of carbonyl (C=O) groups excluding carboxylic acids is 1. The zero-order valence-electron chi connectivity index (χ0n) is 10.4. The average Bonchev–Trinajstić information content (AvgIpc) is 2.35. The Labute approximate surface area is 102 Å². The van der Waals surface area contributed by atoms with E-state index in [9.17, 15) is 4.79 Å². The van der Waals surface area contributed by atoms with E-state index in [2.05, 4.69) is 11.4 Å². The molecule has 0 aromatic heterocycles. The molecule has 1 N–H and O–H groups in total. The van der Waals surface area contributed by atoms with Crippen LogP contribution in [0.1, 0.15) is 18.1 Å². The first-order chi connectivity index (χ1) is 8.06. The van der Waals surface area contributed by atoms with Crippen molar-refractivity contribution in [3.8, 4) is 6.07 Å². The third-order valence-electron chi connectivity index (χ3n) is 2.55. The third kappa shape index (κ3) is 3.58. The molecule has 1 amide bonds. The summed E-state index contributed by atoms with van der Waals surface area (Å²) in [5.74, 6) is 0.0273. The second kappa shape index (κ2) is 6.02. The van der Waals surface area contributed by atoms with Gasteiger partial charge in [0.05, 0.1) is 17.7 Å². The lowest BCUT2D eigenvalue weighted by Gasteiger charge is -2.18. The highest BCUT2D eigenvalue weighted by molar-refractivity contribution is 5.80. The van der Waals surface area contributed by atoms with Gasteiger partial charge in [0.15, 0.2) is 0 Å². The summed E-state index contributed by atoms with van der Waals surface area (Å²) in [5, 5.41) is 12.0. The molecule has 1 aromatic rings. The van der Waals surface area contributed by atoms with Gasteiger partial charge in [-0.1, -0.05) is 18.2 Å². The van der Waals surface area contributed by atoms with Crippen molar-refractivity contribution >= 4 is 5.91 Å². The topological polar surface area (TPSA) is 56.1 Å². The molecule has 1 atom stereocenters. The molecule has 0 fully saturated rings. The molecule has 1 aromatic carbocycles. The van der Waals surface area contributed by atoms with Gasteiger partial charge >= 0.3 is 0 Å². The highest BCUT2D eigenvalue weighted by Crippen LogP contribution is 2.07. The van der Waals surface area contributed by atoms with Gasteiger partial charge in [-0.15, -0.1) is 0 Å². The molecule has 0 spiro atoms. The number of rotatable bonds is 4. The van der Waals surface area contributed by atoms with Crippen LogP contribution < -0.4 is 5.32 Å².